The first-order valence-electron chi connectivity index (χ1n) is 6.89. The molecule has 1 amide bonds. The second-order valence-electron chi connectivity index (χ2n) is 4.83. The monoisotopic (exact) mass is 298 g/mol. The number of aromatic amines is 1. The molecule has 1 fully saturated rings. The van der Waals surface area contributed by atoms with Crippen molar-refractivity contribution in [2.24, 2.45) is 0 Å². The first kappa shape index (κ1) is 15.2. The molecule has 1 aromatic rings. The molecule has 1 saturated heterocycles. The quantitative estimate of drug-likeness (QED) is 0.823. The lowest BCUT2D eigenvalue weighted by molar-refractivity contribution is 0.0620. The van der Waals surface area contributed by atoms with Crippen molar-refractivity contribution in [2.45, 2.75) is 25.8 Å². The summed E-state index contributed by atoms with van der Waals surface area (Å²) in [6.07, 6.45) is 1.76. The third-order valence-corrected chi connectivity index (χ3v) is 4.73. The number of methoxy groups -OCH3 is 1. The van der Waals surface area contributed by atoms with Gasteiger partial charge in [-0.05, 0) is 18.6 Å². The van der Waals surface area contributed by atoms with E-state index in [1.807, 2.05) is 23.6 Å². The molecule has 1 aliphatic rings. The Balaban J connectivity index is 2.18. The number of H-pyrrole nitrogens is 1. The van der Waals surface area contributed by atoms with Crippen molar-refractivity contribution in [1.82, 2.24) is 15.1 Å². The summed E-state index contributed by atoms with van der Waals surface area (Å²) < 4.78 is 5.11. The maximum Gasteiger partial charge on any atom is 0.276 e. The highest BCUT2D eigenvalue weighted by Gasteiger charge is 2.30. The van der Waals surface area contributed by atoms with Crippen LogP contribution in [0.25, 0.3) is 0 Å². The minimum absolute atomic E-state index is 0.0944. The fourth-order valence-corrected chi connectivity index (χ4v) is 3.59. The Morgan fingerprint density at radius 2 is 2.45 bits per heavy atom. The van der Waals surface area contributed by atoms with Gasteiger partial charge < -0.3 is 15.4 Å². The summed E-state index contributed by atoms with van der Waals surface area (Å²) in [5.41, 5.74) is 7.64. The number of aromatic nitrogens is 2. The van der Waals surface area contributed by atoms with Crippen LogP contribution in [0.5, 0.6) is 0 Å². The van der Waals surface area contributed by atoms with Crippen LogP contribution in [0.2, 0.25) is 0 Å². The van der Waals surface area contributed by atoms with Crippen molar-refractivity contribution >= 4 is 23.4 Å². The van der Waals surface area contributed by atoms with Gasteiger partial charge in [-0.2, -0.15) is 16.9 Å². The summed E-state index contributed by atoms with van der Waals surface area (Å²) in [5, 5.41) is 6.95. The SMILES string of the molecule is CCc1[nH]nc(C(=O)N(CCOC)C2CCSC2)c1N. The largest absolute Gasteiger partial charge is 0.395 e. The number of nitrogen functional groups attached to an aromatic ring is 1. The Labute approximate surface area is 123 Å². The van der Waals surface area contributed by atoms with Crippen molar-refractivity contribution in [3.63, 3.8) is 0 Å². The normalized spacial score (nSPS) is 18.4. The predicted octanol–water partition coefficient (Wildman–Crippen LogP) is 1.15. The number of carbonyl (C=O) groups excluding carboxylic acids is 1. The lowest BCUT2D eigenvalue weighted by Gasteiger charge is -2.27. The van der Waals surface area contributed by atoms with Gasteiger partial charge in [-0.3, -0.25) is 9.89 Å². The minimum atomic E-state index is -0.0944. The number of anilines is 1. The summed E-state index contributed by atoms with van der Waals surface area (Å²) in [6, 6.07) is 0.254. The zero-order valence-corrected chi connectivity index (χ0v) is 12.8. The van der Waals surface area contributed by atoms with E-state index in [1.165, 1.54) is 0 Å². The van der Waals surface area contributed by atoms with E-state index < -0.39 is 0 Å². The molecular weight excluding hydrogens is 276 g/mol. The fraction of sp³-hybridized carbons (Fsp3) is 0.692. The van der Waals surface area contributed by atoms with Gasteiger partial charge in [0.2, 0.25) is 0 Å². The number of carbonyl (C=O) groups is 1. The number of nitrogens with two attached hydrogens (primary N) is 1. The van der Waals surface area contributed by atoms with Crippen LogP contribution in [0, 0.1) is 0 Å². The van der Waals surface area contributed by atoms with E-state index in [0.29, 0.717) is 24.5 Å². The topological polar surface area (TPSA) is 84.2 Å². The molecule has 1 aliphatic heterocycles. The van der Waals surface area contributed by atoms with E-state index in [2.05, 4.69) is 10.2 Å². The summed E-state index contributed by atoms with van der Waals surface area (Å²) >= 11 is 1.88. The van der Waals surface area contributed by atoms with Gasteiger partial charge in [-0.25, -0.2) is 0 Å². The average molecular weight is 298 g/mol. The molecule has 1 atom stereocenters. The number of aryl methyl sites for hydroxylation is 1. The average Bonchev–Trinajstić information content (AvgIpc) is 3.08. The molecule has 0 spiro atoms. The van der Waals surface area contributed by atoms with E-state index >= 15 is 0 Å². The zero-order valence-electron chi connectivity index (χ0n) is 12.0. The summed E-state index contributed by atoms with van der Waals surface area (Å²) in [5.74, 6) is 1.97. The Morgan fingerprint density at radius 1 is 1.65 bits per heavy atom. The van der Waals surface area contributed by atoms with E-state index in [-0.39, 0.29) is 11.9 Å². The van der Waals surface area contributed by atoms with Crippen molar-refractivity contribution in [3.8, 4) is 0 Å². The molecule has 0 bridgehead atoms. The van der Waals surface area contributed by atoms with Crippen LogP contribution in [0.1, 0.15) is 29.5 Å². The number of nitrogens with one attached hydrogen (secondary N) is 1. The van der Waals surface area contributed by atoms with E-state index in [4.69, 9.17) is 10.5 Å². The highest BCUT2D eigenvalue weighted by atomic mass is 32.2. The minimum Gasteiger partial charge on any atom is -0.395 e. The number of rotatable bonds is 6. The lowest BCUT2D eigenvalue weighted by atomic mass is 10.2. The van der Waals surface area contributed by atoms with Crippen molar-refractivity contribution < 1.29 is 9.53 Å². The lowest BCUT2D eigenvalue weighted by Crippen LogP contribution is -2.42. The van der Waals surface area contributed by atoms with Gasteiger partial charge in [0, 0.05) is 25.4 Å². The second kappa shape index (κ2) is 6.99. The van der Waals surface area contributed by atoms with Crippen LogP contribution < -0.4 is 5.73 Å². The summed E-state index contributed by atoms with van der Waals surface area (Å²) in [6.45, 7) is 3.08. The number of hydrogen-bond acceptors (Lipinski definition) is 5. The maximum absolute atomic E-state index is 12.7. The number of thioether (sulfide) groups is 1. The van der Waals surface area contributed by atoms with Gasteiger partial charge in [-0.1, -0.05) is 6.92 Å². The zero-order chi connectivity index (χ0) is 14.5. The van der Waals surface area contributed by atoms with Crippen LogP contribution in [-0.2, 0) is 11.2 Å². The Morgan fingerprint density at radius 3 is 3.00 bits per heavy atom. The molecule has 0 radical (unpaired) electrons. The van der Waals surface area contributed by atoms with Crippen molar-refractivity contribution in [3.05, 3.63) is 11.4 Å². The molecule has 2 rings (SSSR count). The molecule has 0 saturated carbocycles. The molecule has 20 heavy (non-hydrogen) atoms. The third-order valence-electron chi connectivity index (χ3n) is 3.58. The molecule has 0 aliphatic carbocycles. The Hall–Kier alpha value is -1.21. The van der Waals surface area contributed by atoms with Crippen LogP contribution in [0.15, 0.2) is 0 Å². The standard InChI is InChI=1S/C13H22N4O2S/c1-3-10-11(14)12(16-15-10)13(18)17(5-6-19-2)9-4-7-20-8-9/h9H,3-8,14H2,1-2H3,(H,15,16). The number of nitrogens with zero attached hydrogens (tertiary/aromatic N) is 2. The van der Waals surface area contributed by atoms with Crippen LogP contribution >= 0.6 is 11.8 Å². The van der Waals surface area contributed by atoms with Crippen molar-refractivity contribution in [2.75, 3.05) is 37.5 Å². The summed E-state index contributed by atoms with van der Waals surface area (Å²) in [7, 11) is 1.64. The number of hydrogen-bond donors (Lipinski definition) is 2. The summed E-state index contributed by atoms with van der Waals surface area (Å²) in [4.78, 5) is 14.5. The highest BCUT2D eigenvalue weighted by molar-refractivity contribution is 7.99. The van der Waals surface area contributed by atoms with Gasteiger partial charge in [0.25, 0.3) is 5.91 Å². The number of amides is 1. The first-order chi connectivity index (χ1) is 9.69. The van der Waals surface area contributed by atoms with Crippen LogP contribution in [-0.4, -0.2) is 58.8 Å². The van der Waals surface area contributed by atoms with Gasteiger partial charge in [0.1, 0.15) is 0 Å². The Kier molecular flexibility index (Phi) is 5.31. The van der Waals surface area contributed by atoms with Gasteiger partial charge in [0.15, 0.2) is 5.69 Å². The maximum atomic E-state index is 12.7. The molecule has 1 aromatic heterocycles. The van der Waals surface area contributed by atoms with E-state index in [9.17, 15) is 4.79 Å². The molecule has 3 N–H and O–H groups in total. The Bertz CT molecular complexity index is 457. The van der Waals surface area contributed by atoms with Gasteiger partial charge in [-0.15, -0.1) is 0 Å². The molecule has 2 heterocycles. The van der Waals surface area contributed by atoms with Crippen LogP contribution in [0.3, 0.4) is 0 Å². The molecule has 6 nitrogen and oxygen atoms in total. The molecular formula is C13H22N4O2S. The molecule has 112 valence electrons. The smallest absolute Gasteiger partial charge is 0.276 e. The van der Waals surface area contributed by atoms with Crippen LogP contribution in [0.4, 0.5) is 5.69 Å². The second-order valence-corrected chi connectivity index (χ2v) is 5.98. The van der Waals surface area contributed by atoms with E-state index in [0.717, 1.165) is 30.0 Å². The van der Waals surface area contributed by atoms with Crippen molar-refractivity contribution in [1.29, 1.82) is 0 Å². The number of ether oxygens (including phenoxy) is 1. The highest BCUT2D eigenvalue weighted by Crippen LogP contribution is 2.25. The molecule has 7 heteroatoms. The molecule has 1 unspecified atom stereocenters. The molecule has 0 aromatic carbocycles. The van der Waals surface area contributed by atoms with E-state index in [1.54, 1.807) is 7.11 Å². The first-order valence-corrected chi connectivity index (χ1v) is 8.04. The predicted molar refractivity (Wildman–Crippen MR) is 81.0 cm³/mol. The third kappa shape index (κ3) is 3.09. The fourth-order valence-electron chi connectivity index (χ4n) is 2.36. The van der Waals surface area contributed by atoms with Gasteiger partial charge >= 0.3 is 0 Å². The van der Waals surface area contributed by atoms with Gasteiger partial charge in [0.05, 0.1) is 18.0 Å².